The third-order valence-electron chi connectivity index (χ3n) is 3.35. The van der Waals surface area contributed by atoms with Crippen molar-refractivity contribution in [1.29, 1.82) is 0 Å². The van der Waals surface area contributed by atoms with Crippen LogP contribution in [0.1, 0.15) is 20.8 Å². The molecule has 0 bridgehead atoms. The summed E-state index contributed by atoms with van der Waals surface area (Å²) < 4.78 is 11.0. The Labute approximate surface area is 131 Å². The van der Waals surface area contributed by atoms with Gasteiger partial charge >= 0.3 is 6.09 Å². The molecule has 1 aliphatic heterocycles. The molecule has 0 aliphatic carbocycles. The topological polar surface area (TPSA) is 68.0 Å². The summed E-state index contributed by atoms with van der Waals surface area (Å²) in [6.07, 6.45) is -0.312. The van der Waals surface area contributed by atoms with E-state index in [1.807, 2.05) is 39.0 Å². The Hall–Kier alpha value is -2.11. The van der Waals surface area contributed by atoms with Gasteiger partial charge < -0.3 is 25.0 Å². The zero-order chi connectivity index (χ0) is 16.3. The van der Waals surface area contributed by atoms with Crippen molar-refractivity contribution in [2.75, 3.05) is 43.9 Å². The second-order valence-electron chi connectivity index (χ2n) is 6.46. The fraction of sp³-hybridized carbons (Fsp3) is 0.562. The molecule has 0 atom stereocenters. The minimum absolute atomic E-state index is 0.312. The average molecular weight is 307 g/mol. The van der Waals surface area contributed by atoms with E-state index in [1.54, 1.807) is 11.9 Å². The van der Waals surface area contributed by atoms with Crippen LogP contribution < -0.4 is 15.4 Å². The number of nitrogens with zero attached hydrogens (tertiary/aromatic N) is 2. The monoisotopic (exact) mass is 307 g/mol. The molecule has 22 heavy (non-hydrogen) atoms. The van der Waals surface area contributed by atoms with Crippen LogP contribution in [0, 0.1) is 0 Å². The first-order chi connectivity index (χ1) is 10.3. The van der Waals surface area contributed by atoms with E-state index >= 15 is 0 Å². The normalized spacial score (nSPS) is 14.1. The molecule has 1 heterocycles. The van der Waals surface area contributed by atoms with Crippen LogP contribution in [0.5, 0.6) is 5.75 Å². The van der Waals surface area contributed by atoms with Crippen molar-refractivity contribution in [3.05, 3.63) is 18.2 Å². The molecule has 6 nitrogen and oxygen atoms in total. The third-order valence-corrected chi connectivity index (χ3v) is 3.35. The molecule has 0 saturated heterocycles. The minimum atomic E-state index is -0.481. The molecule has 0 unspecified atom stereocenters. The lowest BCUT2D eigenvalue weighted by Crippen LogP contribution is -2.41. The molecular weight excluding hydrogens is 282 g/mol. The molecule has 122 valence electrons. The molecule has 1 aromatic carbocycles. The van der Waals surface area contributed by atoms with Crippen molar-refractivity contribution < 1.29 is 14.3 Å². The van der Waals surface area contributed by atoms with E-state index in [0.717, 1.165) is 18.0 Å². The van der Waals surface area contributed by atoms with E-state index in [4.69, 9.17) is 15.2 Å². The molecule has 0 aromatic heterocycles. The van der Waals surface area contributed by atoms with Crippen molar-refractivity contribution in [2.24, 2.45) is 0 Å². The Morgan fingerprint density at radius 2 is 2.18 bits per heavy atom. The number of carbonyl (C=O) groups is 1. The molecule has 0 radical (unpaired) electrons. The standard InChI is InChI=1S/C16H25N3O3/c1-16(2,3)22-15(20)18(4)7-8-19-9-10-21-14-6-5-12(17)11-13(14)19/h5-6,11H,7-10,17H2,1-4H3. The third kappa shape index (κ3) is 4.19. The van der Waals surface area contributed by atoms with Gasteiger partial charge in [0.05, 0.1) is 12.2 Å². The number of hydrogen-bond donors (Lipinski definition) is 1. The number of nitrogen functional groups attached to an aromatic ring is 1. The summed E-state index contributed by atoms with van der Waals surface area (Å²) in [7, 11) is 1.74. The Balaban J connectivity index is 1.96. The van der Waals surface area contributed by atoms with Crippen LogP contribution in [-0.2, 0) is 4.74 Å². The number of fused-ring (bicyclic) bond motifs is 1. The molecule has 0 fully saturated rings. The summed E-state index contributed by atoms with van der Waals surface area (Å²) in [4.78, 5) is 15.7. The first kappa shape index (κ1) is 16.3. The minimum Gasteiger partial charge on any atom is -0.490 e. The fourth-order valence-electron chi connectivity index (χ4n) is 2.22. The Kier molecular flexibility index (Phi) is 4.68. The number of nitrogens with two attached hydrogens (primary N) is 1. The van der Waals surface area contributed by atoms with E-state index in [-0.39, 0.29) is 6.09 Å². The van der Waals surface area contributed by atoms with Crippen LogP contribution >= 0.6 is 0 Å². The molecule has 2 N–H and O–H groups in total. The van der Waals surface area contributed by atoms with Gasteiger partial charge in [0.25, 0.3) is 0 Å². The van der Waals surface area contributed by atoms with Gasteiger partial charge in [-0.1, -0.05) is 0 Å². The molecule has 6 heteroatoms. The number of amides is 1. The van der Waals surface area contributed by atoms with Crippen molar-refractivity contribution >= 4 is 17.5 Å². The van der Waals surface area contributed by atoms with Gasteiger partial charge in [0.1, 0.15) is 18.0 Å². The van der Waals surface area contributed by atoms with Crippen molar-refractivity contribution in [3.8, 4) is 5.75 Å². The second kappa shape index (κ2) is 6.34. The van der Waals surface area contributed by atoms with Crippen molar-refractivity contribution in [3.63, 3.8) is 0 Å². The highest BCUT2D eigenvalue weighted by atomic mass is 16.6. The van der Waals surface area contributed by atoms with Crippen LogP contribution in [0.3, 0.4) is 0 Å². The van der Waals surface area contributed by atoms with Gasteiger partial charge in [-0.15, -0.1) is 0 Å². The number of benzene rings is 1. The second-order valence-corrected chi connectivity index (χ2v) is 6.46. The summed E-state index contributed by atoms with van der Waals surface area (Å²) in [6, 6.07) is 5.62. The highest BCUT2D eigenvalue weighted by Crippen LogP contribution is 2.33. The molecular formula is C16H25N3O3. The van der Waals surface area contributed by atoms with Crippen molar-refractivity contribution in [1.82, 2.24) is 4.90 Å². The summed E-state index contributed by atoms with van der Waals surface area (Å²) >= 11 is 0. The molecule has 1 aliphatic rings. The Morgan fingerprint density at radius 3 is 2.86 bits per heavy atom. The van der Waals surface area contributed by atoms with Crippen LogP contribution in [-0.4, -0.2) is 49.9 Å². The van der Waals surface area contributed by atoms with E-state index in [1.165, 1.54) is 0 Å². The number of likely N-dealkylation sites (N-methyl/N-ethyl adjacent to an activating group) is 1. The maximum absolute atomic E-state index is 12.0. The maximum Gasteiger partial charge on any atom is 0.410 e. The summed E-state index contributed by atoms with van der Waals surface area (Å²) in [5, 5.41) is 0. The van der Waals surface area contributed by atoms with Crippen LogP contribution in [0.25, 0.3) is 0 Å². The van der Waals surface area contributed by atoms with Crippen LogP contribution in [0.2, 0.25) is 0 Å². The Morgan fingerprint density at radius 1 is 1.45 bits per heavy atom. The Bertz CT molecular complexity index is 540. The lowest BCUT2D eigenvalue weighted by Gasteiger charge is -2.33. The van der Waals surface area contributed by atoms with Crippen LogP contribution in [0.4, 0.5) is 16.2 Å². The van der Waals surface area contributed by atoms with E-state index in [2.05, 4.69) is 4.90 Å². The van der Waals surface area contributed by atoms with Gasteiger partial charge in [0.15, 0.2) is 0 Å². The zero-order valence-corrected chi connectivity index (χ0v) is 13.8. The van der Waals surface area contributed by atoms with Gasteiger partial charge in [0.2, 0.25) is 0 Å². The number of carbonyl (C=O) groups excluding carboxylic acids is 1. The highest BCUT2D eigenvalue weighted by molar-refractivity contribution is 5.68. The van der Waals surface area contributed by atoms with E-state index in [9.17, 15) is 4.79 Å². The largest absolute Gasteiger partial charge is 0.490 e. The number of ether oxygens (including phenoxy) is 2. The van der Waals surface area contributed by atoms with Crippen molar-refractivity contribution in [2.45, 2.75) is 26.4 Å². The van der Waals surface area contributed by atoms with Gasteiger partial charge in [-0.2, -0.15) is 0 Å². The zero-order valence-electron chi connectivity index (χ0n) is 13.8. The van der Waals surface area contributed by atoms with Gasteiger partial charge in [-0.25, -0.2) is 4.79 Å². The lowest BCUT2D eigenvalue weighted by atomic mass is 10.2. The first-order valence-electron chi connectivity index (χ1n) is 7.47. The number of anilines is 2. The quantitative estimate of drug-likeness (QED) is 0.868. The number of hydrogen-bond acceptors (Lipinski definition) is 5. The van der Waals surface area contributed by atoms with E-state index in [0.29, 0.717) is 25.4 Å². The summed E-state index contributed by atoms with van der Waals surface area (Å²) in [5.41, 5.74) is 7.05. The maximum atomic E-state index is 12.0. The fourth-order valence-corrected chi connectivity index (χ4v) is 2.22. The predicted molar refractivity (Wildman–Crippen MR) is 87.4 cm³/mol. The molecule has 0 spiro atoms. The van der Waals surface area contributed by atoms with Crippen LogP contribution in [0.15, 0.2) is 18.2 Å². The SMILES string of the molecule is CN(CCN1CCOc2ccc(N)cc21)C(=O)OC(C)(C)C. The smallest absolute Gasteiger partial charge is 0.410 e. The predicted octanol–water partition coefficient (Wildman–Crippen LogP) is 2.33. The molecule has 1 aromatic rings. The summed E-state index contributed by atoms with van der Waals surface area (Å²) in [5.74, 6) is 0.834. The molecule has 2 rings (SSSR count). The van der Waals surface area contributed by atoms with Gasteiger partial charge in [-0.05, 0) is 39.0 Å². The summed E-state index contributed by atoms with van der Waals surface area (Å²) in [6.45, 7) is 8.27. The molecule has 0 saturated carbocycles. The average Bonchev–Trinajstić information content (AvgIpc) is 2.42. The van der Waals surface area contributed by atoms with E-state index < -0.39 is 5.60 Å². The lowest BCUT2D eigenvalue weighted by molar-refractivity contribution is 0.0303. The number of rotatable bonds is 3. The van der Waals surface area contributed by atoms with Gasteiger partial charge in [0, 0.05) is 25.8 Å². The highest BCUT2D eigenvalue weighted by Gasteiger charge is 2.22. The van der Waals surface area contributed by atoms with Gasteiger partial charge in [-0.3, -0.25) is 0 Å². The first-order valence-corrected chi connectivity index (χ1v) is 7.47. The molecule has 1 amide bonds.